The average molecular weight is 572 g/mol. The Kier molecular flexibility index (Phi) is 9.21. The van der Waals surface area contributed by atoms with Gasteiger partial charge in [0.15, 0.2) is 11.5 Å². The van der Waals surface area contributed by atoms with Crippen LogP contribution in [0.4, 0.5) is 5.69 Å². The van der Waals surface area contributed by atoms with Crippen LogP contribution < -0.4 is 24.4 Å². The summed E-state index contributed by atoms with van der Waals surface area (Å²) < 4.78 is 18.2. The molecular formula is C32H37N5O5. The highest BCUT2D eigenvalue weighted by Crippen LogP contribution is 2.36. The number of aromatic nitrogens is 3. The summed E-state index contributed by atoms with van der Waals surface area (Å²) in [6.07, 6.45) is 5.12. The SMILES string of the molecule is CCOc1ccc(C(C(=O)NC2CCCCC2)N(C(=O)Cn2nnc3ccccc32)c2ccc(OC)c(OC)c2)cc1. The molecule has 0 radical (unpaired) electrons. The Balaban J connectivity index is 1.60. The molecule has 1 N–H and O–H groups in total. The maximum absolute atomic E-state index is 14.4. The van der Waals surface area contributed by atoms with Crippen LogP contribution in [0.15, 0.2) is 66.7 Å². The molecule has 1 atom stereocenters. The van der Waals surface area contributed by atoms with Crippen LogP contribution in [-0.2, 0) is 16.1 Å². The summed E-state index contributed by atoms with van der Waals surface area (Å²) in [6.45, 7) is 2.31. The van der Waals surface area contributed by atoms with Crippen LogP contribution in [0, 0.1) is 0 Å². The average Bonchev–Trinajstić information content (AvgIpc) is 3.43. The van der Waals surface area contributed by atoms with E-state index >= 15 is 0 Å². The zero-order valence-corrected chi connectivity index (χ0v) is 24.3. The van der Waals surface area contributed by atoms with Gasteiger partial charge in [-0.15, -0.1) is 5.10 Å². The first-order valence-corrected chi connectivity index (χ1v) is 14.4. The van der Waals surface area contributed by atoms with E-state index in [0.29, 0.717) is 40.6 Å². The molecular weight excluding hydrogens is 534 g/mol. The molecule has 10 nitrogen and oxygen atoms in total. The second-order valence-corrected chi connectivity index (χ2v) is 10.3. The van der Waals surface area contributed by atoms with Crippen LogP contribution >= 0.6 is 0 Å². The lowest BCUT2D eigenvalue weighted by Crippen LogP contribution is -2.48. The maximum atomic E-state index is 14.4. The highest BCUT2D eigenvalue weighted by molar-refractivity contribution is 6.02. The maximum Gasteiger partial charge on any atom is 0.249 e. The van der Waals surface area contributed by atoms with E-state index in [0.717, 1.165) is 37.6 Å². The van der Waals surface area contributed by atoms with Crippen LogP contribution in [0.3, 0.4) is 0 Å². The highest BCUT2D eigenvalue weighted by Gasteiger charge is 2.35. The zero-order chi connectivity index (χ0) is 29.5. The fraction of sp³-hybridized carbons (Fsp3) is 0.375. The summed E-state index contributed by atoms with van der Waals surface area (Å²) in [7, 11) is 3.09. The molecule has 1 aromatic heterocycles. The van der Waals surface area contributed by atoms with Crippen molar-refractivity contribution in [1.82, 2.24) is 20.3 Å². The number of amides is 2. The number of hydrogen-bond acceptors (Lipinski definition) is 7. The van der Waals surface area contributed by atoms with Crippen LogP contribution in [0.5, 0.6) is 17.2 Å². The van der Waals surface area contributed by atoms with Gasteiger partial charge >= 0.3 is 0 Å². The number of anilines is 1. The third-order valence-corrected chi connectivity index (χ3v) is 7.58. The largest absolute Gasteiger partial charge is 0.494 e. The van der Waals surface area contributed by atoms with Gasteiger partial charge in [0.05, 0.1) is 26.3 Å². The number of methoxy groups -OCH3 is 2. The molecule has 0 aliphatic heterocycles. The summed E-state index contributed by atoms with van der Waals surface area (Å²) in [5.41, 5.74) is 2.54. The second kappa shape index (κ2) is 13.4. The number of hydrogen-bond donors (Lipinski definition) is 1. The third kappa shape index (κ3) is 6.32. The van der Waals surface area contributed by atoms with Crippen molar-refractivity contribution >= 4 is 28.5 Å². The topological polar surface area (TPSA) is 108 Å². The normalized spacial score (nSPS) is 14.3. The van der Waals surface area contributed by atoms with E-state index in [2.05, 4.69) is 15.6 Å². The minimum atomic E-state index is -0.969. The number of carbonyl (C=O) groups is 2. The lowest BCUT2D eigenvalue weighted by molar-refractivity contribution is -0.127. The van der Waals surface area contributed by atoms with Gasteiger partial charge in [0.25, 0.3) is 0 Å². The third-order valence-electron chi connectivity index (χ3n) is 7.58. The smallest absolute Gasteiger partial charge is 0.249 e. The molecule has 220 valence electrons. The van der Waals surface area contributed by atoms with Gasteiger partial charge in [-0.05, 0) is 61.7 Å². The molecule has 0 saturated heterocycles. The number of carbonyl (C=O) groups excluding carboxylic acids is 2. The fourth-order valence-corrected chi connectivity index (χ4v) is 5.51. The Morgan fingerprint density at radius 1 is 0.976 bits per heavy atom. The fourth-order valence-electron chi connectivity index (χ4n) is 5.51. The molecule has 0 bridgehead atoms. The second-order valence-electron chi connectivity index (χ2n) is 10.3. The molecule has 1 heterocycles. The van der Waals surface area contributed by atoms with Gasteiger partial charge in [-0.2, -0.15) is 0 Å². The van der Waals surface area contributed by atoms with Crippen LogP contribution in [0.2, 0.25) is 0 Å². The predicted molar refractivity (Wildman–Crippen MR) is 160 cm³/mol. The van der Waals surface area contributed by atoms with E-state index in [9.17, 15) is 9.59 Å². The van der Waals surface area contributed by atoms with E-state index < -0.39 is 6.04 Å². The van der Waals surface area contributed by atoms with Crippen molar-refractivity contribution < 1.29 is 23.8 Å². The molecule has 2 amide bonds. The Morgan fingerprint density at radius 2 is 1.71 bits per heavy atom. The summed E-state index contributed by atoms with van der Waals surface area (Å²) in [5, 5.41) is 11.7. The molecule has 4 aromatic rings. The molecule has 5 rings (SSSR count). The van der Waals surface area contributed by atoms with Gasteiger partial charge < -0.3 is 19.5 Å². The first kappa shape index (κ1) is 28.9. The van der Waals surface area contributed by atoms with Crippen molar-refractivity contribution in [2.24, 2.45) is 0 Å². The van der Waals surface area contributed by atoms with E-state index in [1.54, 1.807) is 30.0 Å². The number of nitrogens with one attached hydrogen (secondary N) is 1. The minimum Gasteiger partial charge on any atom is -0.494 e. The number of para-hydroxylation sites is 1. The number of fused-ring (bicyclic) bond motifs is 1. The first-order valence-electron chi connectivity index (χ1n) is 14.4. The molecule has 1 saturated carbocycles. The van der Waals surface area contributed by atoms with Gasteiger partial charge in [0.1, 0.15) is 23.9 Å². The van der Waals surface area contributed by atoms with Crippen LogP contribution in [0.25, 0.3) is 11.0 Å². The number of nitrogens with zero attached hydrogens (tertiary/aromatic N) is 4. The quantitative estimate of drug-likeness (QED) is 0.268. The van der Waals surface area contributed by atoms with Gasteiger partial charge in [-0.3, -0.25) is 14.5 Å². The zero-order valence-electron chi connectivity index (χ0n) is 24.3. The molecule has 1 aliphatic rings. The Hall–Kier alpha value is -4.60. The lowest BCUT2D eigenvalue weighted by atomic mass is 9.94. The standard InChI is InChI=1S/C32H37N5O5/c1-4-42-25-17-14-22(15-18-25)31(32(39)33-23-10-6-5-7-11-23)37(24-16-19-28(40-2)29(20-24)41-3)30(38)21-36-27-13-9-8-12-26(27)34-35-36/h8-9,12-20,23,31H,4-7,10-11,21H2,1-3H3,(H,33,39). The van der Waals surface area contributed by atoms with Gasteiger partial charge in [-0.1, -0.05) is 48.7 Å². The van der Waals surface area contributed by atoms with Gasteiger partial charge in [-0.25, -0.2) is 4.68 Å². The Bertz CT molecular complexity index is 1510. The number of benzene rings is 3. The van der Waals surface area contributed by atoms with Crippen LogP contribution in [-0.4, -0.2) is 53.7 Å². The van der Waals surface area contributed by atoms with Crippen molar-refractivity contribution in [3.63, 3.8) is 0 Å². The number of rotatable bonds is 11. The summed E-state index contributed by atoms with van der Waals surface area (Å²) in [4.78, 5) is 30.1. The van der Waals surface area contributed by atoms with Crippen molar-refractivity contribution in [3.8, 4) is 17.2 Å². The minimum absolute atomic E-state index is 0.0538. The molecule has 1 fully saturated rings. The Labute approximate surface area is 245 Å². The van der Waals surface area contributed by atoms with E-state index in [4.69, 9.17) is 14.2 Å². The molecule has 10 heteroatoms. The summed E-state index contributed by atoms with van der Waals surface area (Å²) >= 11 is 0. The molecule has 42 heavy (non-hydrogen) atoms. The van der Waals surface area contributed by atoms with E-state index in [1.807, 2.05) is 55.5 Å². The van der Waals surface area contributed by atoms with Crippen molar-refractivity contribution in [1.29, 1.82) is 0 Å². The summed E-state index contributed by atoms with van der Waals surface area (Å²) in [6, 6.07) is 19.1. The molecule has 1 aliphatic carbocycles. The van der Waals surface area contributed by atoms with Crippen molar-refractivity contribution in [2.45, 2.75) is 57.7 Å². The monoisotopic (exact) mass is 571 g/mol. The van der Waals surface area contributed by atoms with E-state index in [1.165, 1.54) is 12.0 Å². The molecule has 3 aromatic carbocycles. The number of ether oxygens (including phenoxy) is 3. The Morgan fingerprint density at radius 3 is 2.43 bits per heavy atom. The molecule has 1 unspecified atom stereocenters. The van der Waals surface area contributed by atoms with Crippen molar-refractivity contribution in [2.75, 3.05) is 25.7 Å². The summed E-state index contributed by atoms with van der Waals surface area (Å²) in [5.74, 6) is 1.05. The molecule has 0 spiro atoms. The predicted octanol–water partition coefficient (Wildman–Crippen LogP) is 5.07. The van der Waals surface area contributed by atoms with Crippen molar-refractivity contribution in [3.05, 3.63) is 72.3 Å². The van der Waals surface area contributed by atoms with Gasteiger partial charge in [0, 0.05) is 17.8 Å². The highest BCUT2D eigenvalue weighted by atomic mass is 16.5. The lowest BCUT2D eigenvalue weighted by Gasteiger charge is -2.34. The first-order chi connectivity index (χ1) is 20.5. The van der Waals surface area contributed by atoms with Crippen LogP contribution in [0.1, 0.15) is 50.6 Å². The van der Waals surface area contributed by atoms with Gasteiger partial charge in [0.2, 0.25) is 11.8 Å². The van der Waals surface area contributed by atoms with E-state index in [-0.39, 0.29) is 24.4 Å².